The number of hydrogen-bond donors (Lipinski definition) is 0. The van der Waals surface area contributed by atoms with E-state index in [4.69, 9.17) is 0 Å². The largest absolute Gasteiger partial charge is 0.310 e. The molecule has 0 aliphatic heterocycles. The third-order valence-electron chi connectivity index (χ3n) is 2.73. The Labute approximate surface area is 138 Å². The van der Waals surface area contributed by atoms with Crippen LogP contribution in [-0.2, 0) is 11.1 Å². The van der Waals surface area contributed by atoms with Crippen molar-refractivity contribution in [2.45, 2.75) is 0 Å². The molecule has 0 atom stereocenters. The van der Waals surface area contributed by atoms with Crippen LogP contribution in [0.5, 0.6) is 0 Å². The van der Waals surface area contributed by atoms with Crippen LogP contribution >= 0.6 is 28.3 Å². The summed E-state index contributed by atoms with van der Waals surface area (Å²) in [6.07, 6.45) is 1.78. The molecular formula is C15H11Br2CoN2. The Hall–Kier alpha value is -0.884. The molecule has 0 N–H and O–H groups in total. The number of pyridine rings is 2. The van der Waals surface area contributed by atoms with Gasteiger partial charge in [0.25, 0.3) is 0 Å². The minimum Gasteiger partial charge on any atom is -0.310 e. The van der Waals surface area contributed by atoms with Gasteiger partial charge in [-0.15, -0.1) is 6.07 Å². The minimum atomic E-state index is 0.884. The van der Waals surface area contributed by atoms with E-state index in [2.05, 4.69) is 51.3 Å². The Morgan fingerprint density at radius 3 is 2.40 bits per heavy atom. The number of benzene rings is 1. The van der Waals surface area contributed by atoms with E-state index in [0.29, 0.717) is 0 Å². The molecular weight excluding hydrogens is 427 g/mol. The summed E-state index contributed by atoms with van der Waals surface area (Å²) in [6, 6.07) is 15.9. The second-order valence-corrected chi connectivity index (χ2v) is 9.20. The maximum Gasteiger partial charge on any atom is 0.0873 e. The van der Waals surface area contributed by atoms with Crippen LogP contribution in [0.25, 0.3) is 22.3 Å². The van der Waals surface area contributed by atoms with Crippen molar-refractivity contribution in [1.29, 1.82) is 0 Å². The minimum absolute atomic E-state index is 0.884. The van der Waals surface area contributed by atoms with Crippen molar-refractivity contribution in [1.82, 2.24) is 9.97 Å². The van der Waals surface area contributed by atoms with Gasteiger partial charge in [-0.05, 0) is 23.7 Å². The molecule has 2 aromatic heterocycles. The first-order valence-corrected chi connectivity index (χ1v) is 10.9. The van der Waals surface area contributed by atoms with Gasteiger partial charge in [0.15, 0.2) is 0 Å². The van der Waals surface area contributed by atoms with Crippen LogP contribution in [0.1, 0.15) is 5.56 Å². The van der Waals surface area contributed by atoms with E-state index in [0.717, 1.165) is 39.0 Å². The van der Waals surface area contributed by atoms with Crippen LogP contribution in [-0.4, -0.2) is 9.97 Å². The quantitative estimate of drug-likeness (QED) is 0.491. The number of hydrogen-bond acceptors (Lipinski definition) is 2. The SMILES string of the molecule is [Br][Co+][Br].[CH2-]c1cccc2ccc(-c3ccccn3)nc12. The smallest absolute Gasteiger partial charge is 0.0873 e. The molecule has 3 aromatic rings. The molecule has 0 unspecified atom stereocenters. The van der Waals surface area contributed by atoms with Crippen molar-refractivity contribution in [3.8, 4) is 11.4 Å². The van der Waals surface area contributed by atoms with Gasteiger partial charge in [0, 0.05) is 6.20 Å². The molecule has 5 heteroatoms. The van der Waals surface area contributed by atoms with Gasteiger partial charge in [-0.2, -0.15) is 18.6 Å². The normalized spacial score (nSPS) is 10.1. The molecule has 0 saturated carbocycles. The van der Waals surface area contributed by atoms with E-state index in [-0.39, 0.29) is 0 Å². The fraction of sp³-hybridized carbons (Fsp3) is 0. The van der Waals surface area contributed by atoms with Crippen molar-refractivity contribution >= 4 is 39.2 Å². The summed E-state index contributed by atoms with van der Waals surface area (Å²) in [5.74, 6) is 0. The molecule has 1 aromatic carbocycles. The zero-order chi connectivity index (χ0) is 14.4. The molecule has 0 fully saturated rings. The summed E-state index contributed by atoms with van der Waals surface area (Å²) >= 11 is 7.12. The van der Waals surface area contributed by atoms with Crippen LogP contribution in [0.3, 0.4) is 0 Å². The molecule has 104 valence electrons. The molecule has 3 rings (SSSR count). The van der Waals surface area contributed by atoms with E-state index in [1.54, 1.807) is 6.20 Å². The summed E-state index contributed by atoms with van der Waals surface area (Å²) in [5, 5.41) is 1.11. The van der Waals surface area contributed by atoms with Gasteiger partial charge in [-0.3, -0.25) is 4.98 Å². The molecule has 0 aliphatic carbocycles. The molecule has 2 nitrogen and oxygen atoms in total. The predicted octanol–water partition coefficient (Wildman–Crippen LogP) is 5.17. The Morgan fingerprint density at radius 2 is 1.70 bits per heavy atom. The molecule has 0 radical (unpaired) electrons. The van der Waals surface area contributed by atoms with Crippen LogP contribution in [0.15, 0.2) is 54.7 Å². The first kappa shape index (κ1) is 15.5. The summed E-state index contributed by atoms with van der Waals surface area (Å²) in [4.78, 5) is 8.92. The number of halogens is 2. The molecule has 0 saturated heterocycles. The summed E-state index contributed by atoms with van der Waals surface area (Å²) in [7, 11) is 0. The number of rotatable bonds is 1. The fourth-order valence-corrected chi connectivity index (χ4v) is 1.87. The first-order chi connectivity index (χ1) is 9.76. The molecule has 0 amide bonds. The zero-order valence-electron chi connectivity index (χ0n) is 10.4. The molecule has 2 heterocycles. The third kappa shape index (κ3) is 3.82. The third-order valence-corrected chi connectivity index (χ3v) is 2.73. The van der Waals surface area contributed by atoms with Gasteiger partial charge in [-0.25, -0.2) is 0 Å². The zero-order valence-corrected chi connectivity index (χ0v) is 14.6. The van der Waals surface area contributed by atoms with Gasteiger partial charge in [0.05, 0.1) is 11.4 Å². The van der Waals surface area contributed by atoms with Crippen molar-refractivity contribution in [3.05, 3.63) is 67.2 Å². The van der Waals surface area contributed by atoms with Crippen molar-refractivity contribution in [3.63, 3.8) is 0 Å². The number of fused-ring (bicyclic) bond motifs is 1. The fourth-order valence-electron chi connectivity index (χ4n) is 1.87. The molecule has 0 spiro atoms. The molecule has 0 aliphatic rings. The predicted molar refractivity (Wildman–Crippen MR) is 87.3 cm³/mol. The molecule has 20 heavy (non-hydrogen) atoms. The average Bonchev–Trinajstić information content (AvgIpc) is 2.49. The number of nitrogens with zero attached hydrogens (tertiary/aromatic N) is 2. The van der Waals surface area contributed by atoms with Crippen LogP contribution in [0, 0.1) is 6.92 Å². The Kier molecular flexibility index (Phi) is 6.03. The van der Waals surface area contributed by atoms with Crippen LogP contribution in [0.4, 0.5) is 0 Å². The average molecular weight is 438 g/mol. The van der Waals surface area contributed by atoms with Crippen molar-refractivity contribution in [2.75, 3.05) is 0 Å². The van der Waals surface area contributed by atoms with Gasteiger partial charge in [0.2, 0.25) is 0 Å². The van der Waals surface area contributed by atoms with Crippen LogP contribution < -0.4 is 0 Å². The van der Waals surface area contributed by atoms with E-state index in [1.807, 2.05) is 42.5 Å². The Balaban J connectivity index is 0.000000452. The topological polar surface area (TPSA) is 25.8 Å². The van der Waals surface area contributed by atoms with Gasteiger partial charge >= 0.3 is 39.5 Å². The van der Waals surface area contributed by atoms with E-state index >= 15 is 0 Å². The number of para-hydroxylation sites is 1. The maximum atomic E-state index is 4.62. The van der Waals surface area contributed by atoms with Gasteiger partial charge in [-0.1, -0.05) is 23.6 Å². The first-order valence-electron chi connectivity index (χ1n) is 5.73. The van der Waals surface area contributed by atoms with Crippen LogP contribution in [0.2, 0.25) is 0 Å². The molecule has 0 bridgehead atoms. The summed E-state index contributed by atoms with van der Waals surface area (Å²) < 4.78 is 0. The van der Waals surface area contributed by atoms with Gasteiger partial charge in [0.1, 0.15) is 0 Å². The van der Waals surface area contributed by atoms with Crippen molar-refractivity contribution in [2.24, 2.45) is 0 Å². The number of aromatic nitrogens is 2. The van der Waals surface area contributed by atoms with Gasteiger partial charge < -0.3 is 4.98 Å². The van der Waals surface area contributed by atoms with E-state index in [9.17, 15) is 0 Å². The summed E-state index contributed by atoms with van der Waals surface area (Å²) in [6.45, 7) is 4.00. The van der Waals surface area contributed by atoms with E-state index < -0.39 is 0 Å². The second-order valence-electron chi connectivity index (χ2n) is 3.95. The maximum absolute atomic E-state index is 4.62. The Bertz CT molecular complexity index is 690. The summed E-state index contributed by atoms with van der Waals surface area (Å²) in [5.41, 5.74) is 3.66. The monoisotopic (exact) mass is 436 g/mol. The van der Waals surface area contributed by atoms with E-state index in [1.165, 1.54) is 0 Å². The standard InChI is InChI=1S/C15H11N2.2BrH.Co/c1-11-5-4-6-12-8-9-14(17-15(11)12)13-7-2-3-10-16-13;;;/h2-10H,1H2;2*1H;/q-1;;;+3/p-2. The Morgan fingerprint density at radius 1 is 0.900 bits per heavy atom. The van der Waals surface area contributed by atoms with Crippen molar-refractivity contribution < 1.29 is 11.1 Å². The second kappa shape index (κ2) is 7.78.